The number of rotatable bonds is 9. The van der Waals surface area contributed by atoms with Gasteiger partial charge in [0.2, 0.25) is 5.91 Å². The summed E-state index contributed by atoms with van der Waals surface area (Å²) < 4.78 is 11.1. The largest absolute Gasteiger partial charge is 0.492 e. The zero-order valence-corrected chi connectivity index (χ0v) is 18.7. The van der Waals surface area contributed by atoms with Crippen molar-refractivity contribution in [2.24, 2.45) is 5.41 Å². The van der Waals surface area contributed by atoms with Crippen LogP contribution < -0.4 is 20.1 Å². The lowest BCUT2D eigenvalue weighted by Gasteiger charge is -2.69. The molecule has 0 unspecified atom stereocenters. The summed E-state index contributed by atoms with van der Waals surface area (Å²) in [5, 5.41) is 7.26. The zero-order chi connectivity index (χ0) is 22.1. The summed E-state index contributed by atoms with van der Waals surface area (Å²) in [4.78, 5) is 24.7. The third-order valence-electron chi connectivity index (χ3n) is 5.89. The lowest BCUT2D eigenvalue weighted by Crippen LogP contribution is -2.78. The summed E-state index contributed by atoms with van der Waals surface area (Å²) in [6.45, 7) is 2.66. The molecule has 0 heterocycles. The lowest BCUT2D eigenvalue weighted by atomic mass is 9.39. The van der Waals surface area contributed by atoms with Crippen molar-refractivity contribution < 1.29 is 19.1 Å². The van der Waals surface area contributed by atoms with Crippen LogP contribution >= 0.6 is 23.2 Å². The molecule has 31 heavy (non-hydrogen) atoms. The van der Waals surface area contributed by atoms with Crippen LogP contribution in [0.5, 0.6) is 11.5 Å². The van der Waals surface area contributed by atoms with Crippen LogP contribution in [0, 0.1) is 12.3 Å². The number of benzene rings is 2. The van der Waals surface area contributed by atoms with Crippen LogP contribution in [0.4, 0.5) is 0 Å². The van der Waals surface area contributed by atoms with Gasteiger partial charge in [-0.05, 0) is 74.2 Å². The molecule has 2 aromatic carbocycles. The minimum atomic E-state index is -0.360. The van der Waals surface area contributed by atoms with E-state index in [0.29, 0.717) is 48.2 Å². The molecule has 164 valence electrons. The number of ether oxygens (including phenoxy) is 2. The normalized spacial score (nSPS) is 23.2. The van der Waals surface area contributed by atoms with E-state index < -0.39 is 0 Å². The fourth-order valence-electron chi connectivity index (χ4n) is 4.40. The van der Waals surface area contributed by atoms with E-state index in [9.17, 15) is 9.59 Å². The van der Waals surface area contributed by atoms with E-state index in [0.717, 1.165) is 11.3 Å². The van der Waals surface area contributed by atoms with Crippen molar-refractivity contribution in [3.8, 4) is 11.5 Å². The van der Waals surface area contributed by atoms with Gasteiger partial charge in [0.15, 0.2) is 6.61 Å². The Bertz CT molecular complexity index is 974. The first kappa shape index (κ1) is 21.8. The van der Waals surface area contributed by atoms with Gasteiger partial charge in [0.1, 0.15) is 18.1 Å². The van der Waals surface area contributed by atoms with Crippen molar-refractivity contribution in [3.05, 3.63) is 58.1 Å². The van der Waals surface area contributed by atoms with E-state index >= 15 is 0 Å². The Hall–Kier alpha value is -2.44. The number of aryl methyl sites for hydroxylation is 1. The van der Waals surface area contributed by atoms with Crippen LogP contribution in [0.3, 0.4) is 0 Å². The Morgan fingerprint density at radius 3 is 2.35 bits per heavy atom. The molecule has 6 nitrogen and oxygen atoms in total. The minimum absolute atomic E-state index is 0.0249. The molecule has 3 fully saturated rings. The molecule has 5 rings (SSSR count). The quantitative estimate of drug-likeness (QED) is 0.553. The summed E-state index contributed by atoms with van der Waals surface area (Å²) >= 11 is 11.8. The van der Waals surface area contributed by atoms with E-state index in [1.165, 1.54) is 0 Å². The third kappa shape index (κ3) is 4.75. The second kappa shape index (κ2) is 8.60. The Balaban J connectivity index is 1.14. The summed E-state index contributed by atoms with van der Waals surface area (Å²) in [6, 6.07) is 12.3. The first-order valence-electron chi connectivity index (χ1n) is 10.2. The van der Waals surface area contributed by atoms with Crippen molar-refractivity contribution >= 4 is 35.0 Å². The molecular weight excluding hydrogens is 439 g/mol. The number of carbonyl (C=O) groups is 2. The first-order chi connectivity index (χ1) is 14.8. The van der Waals surface area contributed by atoms with Gasteiger partial charge in [-0.1, -0.05) is 23.2 Å². The van der Waals surface area contributed by atoms with E-state index in [2.05, 4.69) is 10.6 Å². The molecule has 3 saturated carbocycles. The van der Waals surface area contributed by atoms with Crippen LogP contribution in [0.2, 0.25) is 10.0 Å². The maximum Gasteiger partial charge on any atom is 0.258 e. The highest BCUT2D eigenvalue weighted by atomic mass is 35.5. The molecule has 2 amide bonds. The van der Waals surface area contributed by atoms with Crippen LogP contribution in [0.1, 0.15) is 24.8 Å². The summed E-state index contributed by atoms with van der Waals surface area (Å²) in [5.41, 5.74) is 0.319. The molecule has 0 spiro atoms. The summed E-state index contributed by atoms with van der Waals surface area (Å²) in [6.07, 6.45) is 1.99. The number of carbonyl (C=O) groups excluding carboxylic acids is 2. The summed E-state index contributed by atoms with van der Waals surface area (Å²) in [7, 11) is 0. The Morgan fingerprint density at radius 2 is 1.68 bits per heavy atom. The van der Waals surface area contributed by atoms with Crippen molar-refractivity contribution in [1.29, 1.82) is 0 Å². The van der Waals surface area contributed by atoms with E-state index in [-0.39, 0.29) is 29.4 Å². The molecule has 0 atom stereocenters. The van der Waals surface area contributed by atoms with Gasteiger partial charge in [0.25, 0.3) is 5.91 Å². The van der Waals surface area contributed by atoms with Crippen LogP contribution in [0.15, 0.2) is 42.5 Å². The maximum absolute atomic E-state index is 12.5. The standard InChI is InChI=1S/C23H24Cl2N2O4/c1-15-10-18(6-7-19(15)25)30-9-8-26-21(29)22-12-23(13-22,14-22)27-20(28)11-31-17-4-2-16(24)3-5-17/h2-7,10H,8-9,11-14H2,1H3,(H,26,29)(H,27,28). The van der Waals surface area contributed by atoms with Gasteiger partial charge in [-0.3, -0.25) is 9.59 Å². The Labute approximate surface area is 191 Å². The molecule has 3 aliphatic rings. The Kier molecular flexibility index (Phi) is 6.04. The van der Waals surface area contributed by atoms with Crippen LogP contribution in [0.25, 0.3) is 0 Å². The average Bonchev–Trinajstić information content (AvgIpc) is 2.69. The second-order valence-electron chi connectivity index (χ2n) is 8.40. The van der Waals surface area contributed by atoms with E-state index in [1.54, 1.807) is 36.4 Å². The summed E-state index contributed by atoms with van der Waals surface area (Å²) in [5.74, 6) is 1.15. The minimum Gasteiger partial charge on any atom is -0.492 e. The monoisotopic (exact) mass is 462 g/mol. The van der Waals surface area contributed by atoms with Crippen molar-refractivity contribution in [3.63, 3.8) is 0 Å². The van der Waals surface area contributed by atoms with Gasteiger partial charge >= 0.3 is 0 Å². The van der Waals surface area contributed by atoms with Crippen molar-refractivity contribution in [2.75, 3.05) is 19.8 Å². The fourth-order valence-corrected chi connectivity index (χ4v) is 4.64. The molecule has 8 heteroatoms. The average molecular weight is 463 g/mol. The van der Waals surface area contributed by atoms with Crippen LogP contribution in [-0.2, 0) is 9.59 Å². The van der Waals surface area contributed by atoms with E-state index in [4.69, 9.17) is 32.7 Å². The number of nitrogens with one attached hydrogen (secondary N) is 2. The highest BCUT2D eigenvalue weighted by molar-refractivity contribution is 6.31. The number of hydrogen-bond acceptors (Lipinski definition) is 4. The smallest absolute Gasteiger partial charge is 0.258 e. The lowest BCUT2D eigenvalue weighted by molar-refractivity contribution is -0.184. The fraction of sp³-hybridized carbons (Fsp3) is 0.391. The number of halogens is 2. The van der Waals surface area contributed by atoms with Gasteiger partial charge in [-0.2, -0.15) is 0 Å². The highest BCUT2D eigenvalue weighted by Gasteiger charge is 2.72. The van der Waals surface area contributed by atoms with Gasteiger partial charge in [0.05, 0.1) is 12.0 Å². The highest BCUT2D eigenvalue weighted by Crippen LogP contribution is 2.67. The maximum atomic E-state index is 12.5. The molecule has 0 aromatic heterocycles. The van der Waals surface area contributed by atoms with Crippen molar-refractivity contribution in [1.82, 2.24) is 10.6 Å². The second-order valence-corrected chi connectivity index (χ2v) is 9.24. The number of hydrogen-bond donors (Lipinski definition) is 2. The third-order valence-corrected chi connectivity index (χ3v) is 6.56. The molecular formula is C23H24Cl2N2O4. The van der Waals surface area contributed by atoms with Crippen LogP contribution in [-0.4, -0.2) is 37.1 Å². The molecule has 2 N–H and O–H groups in total. The van der Waals surface area contributed by atoms with Gasteiger partial charge in [-0.15, -0.1) is 0 Å². The Morgan fingerprint density at radius 1 is 1.00 bits per heavy atom. The van der Waals surface area contributed by atoms with Crippen molar-refractivity contribution in [2.45, 2.75) is 31.7 Å². The van der Waals surface area contributed by atoms with E-state index in [1.807, 2.05) is 13.0 Å². The SMILES string of the molecule is Cc1cc(OCCNC(=O)C23CC(NC(=O)COc4ccc(Cl)cc4)(C2)C3)ccc1Cl. The molecule has 0 radical (unpaired) electrons. The molecule has 2 aromatic rings. The molecule has 3 aliphatic carbocycles. The predicted octanol–water partition coefficient (Wildman–Crippen LogP) is 3.91. The first-order valence-corrected chi connectivity index (χ1v) is 10.9. The topological polar surface area (TPSA) is 76.7 Å². The predicted molar refractivity (Wildman–Crippen MR) is 119 cm³/mol. The zero-order valence-electron chi connectivity index (χ0n) is 17.2. The van der Waals surface area contributed by atoms with Gasteiger partial charge < -0.3 is 20.1 Å². The molecule has 0 saturated heterocycles. The van der Waals surface area contributed by atoms with Gasteiger partial charge in [-0.25, -0.2) is 0 Å². The molecule has 2 bridgehead atoms. The van der Waals surface area contributed by atoms with Gasteiger partial charge in [0, 0.05) is 15.6 Å². The number of amides is 2. The molecule has 0 aliphatic heterocycles.